The number of aryl methyl sites for hydroxylation is 1. The maximum Gasteiger partial charge on any atom is 0.226 e. The summed E-state index contributed by atoms with van der Waals surface area (Å²) in [4.78, 5) is 19.2. The maximum atomic E-state index is 6.20. The van der Waals surface area contributed by atoms with Gasteiger partial charge in [-0.1, -0.05) is 41.4 Å². The molecule has 190 valence electrons. The molecule has 0 spiro atoms. The van der Waals surface area contributed by atoms with Crippen LogP contribution in [0.2, 0.25) is 5.02 Å². The first-order valence-corrected chi connectivity index (χ1v) is 13.1. The number of halogens is 1. The van der Waals surface area contributed by atoms with E-state index in [1.165, 1.54) is 11.3 Å². The van der Waals surface area contributed by atoms with E-state index in [1.807, 2.05) is 42.6 Å². The molecule has 3 heterocycles. The first-order chi connectivity index (χ1) is 18.6. The van der Waals surface area contributed by atoms with Crippen LogP contribution in [0.15, 0.2) is 85.1 Å². The Kier molecular flexibility index (Phi) is 6.56. The summed E-state index contributed by atoms with van der Waals surface area (Å²) in [6.45, 7) is 5.45. The summed E-state index contributed by atoms with van der Waals surface area (Å²) in [7, 11) is 1.68. The lowest BCUT2D eigenvalue weighted by Gasteiger charge is -2.36. The zero-order valence-corrected chi connectivity index (χ0v) is 22.2. The zero-order chi connectivity index (χ0) is 26.1. The average molecular weight is 522 g/mol. The van der Waals surface area contributed by atoms with Crippen molar-refractivity contribution in [1.29, 1.82) is 0 Å². The van der Waals surface area contributed by atoms with Crippen LogP contribution >= 0.6 is 11.6 Å². The molecule has 7 heteroatoms. The van der Waals surface area contributed by atoms with Crippen LogP contribution in [0.25, 0.3) is 33.4 Å². The largest absolute Gasteiger partial charge is 0.497 e. The van der Waals surface area contributed by atoms with Crippen molar-refractivity contribution in [2.45, 2.75) is 6.92 Å². The lowest BCUT2D eigenvalue weighted by Crippen LogP contribution is -2.47. The highest BCUT2D eigenvalue weighted by Gasteiger charge is 2.22. The van der Waals surface area contributed by atoms with Gasteiger partial charge in [0, 0.05) is 59.6 Å². The Morgan fingerprint density at radius 1 is 0.737 bits per heavy atom. The molecule has 38 heavy (non-hydrogen) atoms. The highest BCUT2D eigenvalue weighted by atomic mass is 35.5. The molecular weight excluding hydrogens is 494 g/mol. The minimum absolute atomic E-state index is 0.699. The molecule has 1 saturated heterocycles. The van der Waals surface area contributed by atoms with Crippen LogP contribution in [0.3, 0.4) is 0 Å². The van der Waals surface area contributed by atoms with Crippen LogP contribution in [0.4, 0.5) is 11.6 Å². The van der Waals surface area contributed by atoms with E-state index >= 15 is 0 Å². The fourth-order valence-corrected chi connectivity index (χ4v) is 5.05. The number of aromatic nitrogens is 3. The monoisotopic (exact) mass is 521 g/mol. The van der Waals surface area contributed by atoms with Crippen molar-refractivity contribution in [3.8, 4) is 28.3 Å². The van der Waals surface area contributed by atoms with Gasteiger partial charge in [-0.2, -0.15) is 0 Å². The van der Waals surface area contributed by atoms with Crippen LogP contribution in [-0.2, 0) is 0 Å². The van der Waals surface area contributed by atoms with Gasteiger partial charge in [-0.05, 0) is 61.5 Å². The quantitative estimate of drug-likeness (QED) is 0.258. The Hall–Kier alpha value is -4.16. The molecule has 0 aliphatic carbocycles. The summed E-state index contributed by atoms with van der Waals surface area (Å²) in [6.07, 6.45) is 1.86. The molecule has 0 atom stereocenters. The second-order valence-corrected chi connectivity index (χ2v) is 9.94. The van der Waals surface area contributed by atoms with Crippen molar-refractivity contribution in [2.24, 2.45) is 0 Å². The van der Waals surface area contributed by atoms with Crippen molar-refractivity contribution in [1.82, 2.24) is 15.0 Å². The van der Waals surface area contributed by atoms with Crippen molar-refractivity contribution < 1.29 is 4.74 Å². The average Bonchev–Trinajstić information content (AvgIpc) is 2.97. The summed E-state index contributed by atoms with van der Waals surface area (Å²) in [6, 6.07) is 26.6. The SMILES string of the molecule is COc1ccc(-c2cc(-c3ccc(C)cc3)nc(N3CCN(c4ccnc5cc(Cl)ccc45)CC3)n2)cc1. The second-order valence-electron chi connectivity index (χ2n) is 9.50. The van der Waals surface area contributed by atoms with Gasteiger partial charge in [0.15, 0.2) is 0 Å². The molecule has 5 aromatic rings. The summed E-state index contributed by atoms with van der Waals surface area (Å²) < 4.78 is 5.35. The molecule has 2 aromatic heterocycles. The molecule has 0 N–H and O–H groups in total. The highest BCUT2D eigenvalue weighted by Crippen LogP contribution is 2.31. The summed E-state index contributed by atoms with van der Waals surface area (Å²) in [5, 5.41) is 1.81. The van der Waals surface area contributed by atoms with Gasteiger partial charge in [0.05, 0.1) is 24.0 Å². The second kappa shape index (κ2) is 10.3. The molecule has 0 amide bonds. The third-order valence-electron chi connectivity index (χ3n) is 7.03. The maximum absolute atomic E-state index is 6.20. The molecule has 1 aliphatic heterocycles. The minimum Gasteiger partial charge on any atom is -0.497 e. The van der Waals surface area contributed by atoms with Gasteiger partial charge in [0.2, 0.25) is 5.95 Å². The first kappa shape index (κ1) is 24.2. The topological polar surface area (TPSA) is 54.4 Å². The van der Waals surface area contributed by atoms with Gasteiger partial charge in [0.1, 0.15) is 5.75 Å². The van der Waals surface area contributed by atoms with Gasteiger partial charge in [0.25, 0.3) is 0 Å². The first-order valence-electron chi connectivity index (χ1n) is 12.7. The minimum atomic E-state index is 0.699. The predicted octanol–water partition coefficient (Wildman–Crippen LogP) is 6.66. The summed E-state index contributed by atoms with van der Waals surface area (Å²) >= 11 is 6.20. The van der Waals surface area contributed by atoms with E-state index in [2.05, 4.69) is 64.2 Å². The fraction of sp³-hybridized carbons (Fsp3) is 0.194. The molecule has 0 bridgehead atoms. The Labute approximate surface area is 227 Å². The van der Waals surface area contributed by atoms with Gasteiger partial charge < -0.3 is 14.5 Å². The Morgan fingerprint density at radius 2 is 1.37 bits per heavy atom. The lowest BCUT2D eigenvalue weighted by molar-refractivity contribution is 0.415. The van der Waals surface area contributed by atoms with Crippen LogP contribution in [-0.4, -0.2) is 48.2 Å². The molecule has 0 radical (unpaired) electrons. The zero-order valence-electron chi connectivity index (χ0n) is 21.4. The van der Waals surface area contributed by atoms with E-state index in [4.69, 9.17) is 26.3 Å². The van der Waals surface area contributed by atoms with Crippen LogP contribution in [0, 0.1) is 6.92 Å². The number of nitrogens with zero attached hydrogens (tertiary/aromatic N) is 5. The molecule has 1 fully saturated rings. The summed E-state index contributed by atoms with van der Waals surface area (Å²) in [5.74, 6) is 1.57. The summed E-state index contributed by atoms with van der Waals surface area (Å²) in [5.41, 5.74) is 7.24. The van der Waals surface area contributed by atoms with Crippen molar-refractivity contribution in [2.75, 3.05) is 43.1 Å². The number of piperazine rings is 1. The predicted molar refractivity (Wildman–Crippen MR) is 155 cm³/mol. The third kappa shape index (κ3) is 4.87. The van der Waals surface area contributed by atoms with Crippen LogP contribution < -0.4 is 14.5 Å². The van der Waals surface area contributed by atoms with Crippen molar-refractivity contribution in [3.05, 3.63) is 95.6 Å². The van der Waals surface area contributed by atoms with E-state index in [0.717, 1.165) is 71.3 Å². The van der Waals surface area contributed by atoms with E-state index < -0.39 is 0 Å². The van der Waals surface area contributed by atoms with Crippen molar-refractivity contribution in [3.63, 3.8) is 0 Å². The molecule has 6 rings (SSSR count). The smallest absolute Gasteiger partial charge is 0.226 e. The van der Waals surface area contributed by atoms with E-state index in [9.17, 15) is 0 Å². The van der Waals surface area contributed by atoms with Crippen molar-refractivity contribution >= 4 is 34.1 Å². The van der Waals surface area contributed by atoms with E-state index in [0.29, 0.717) is 5.02 Å². The number of rotatable bonds is 5. The third-order valence-corrected chi connectivity index (χ3v) is 7.27. The molecule has 3 aromatic carbocycles. The number of methoxy groups -OCH3 is 1. The standard InChI is InChI=1S/C31H28ClN5O/c1-21-3-5-22(6-4-21)27-20-28(23-7-10-25(38-2)11-8-23)35-31(34-27)37-17-15-36(16-18-37)30-13-14-33-29-19-24(32)9-12-26(29)30/h3-14,19-20H,15-18H2,1-2H3. The van der Waals surface area contributed by atoms with Gasteiger partial charge in [-0.15, -0.1) is 0 Å². The van der Waals surface area contributed by atoms with Crippen LogP contribution in [0.5, 0.6) is 5.75 Å². The normalized spacial score (nSPS) is 13.7. The fourth-order valence-electron chi connectivity index (χ4n) is 4.89. The van der Waals surface area contributed by atoms with E-state index in [-0.39, 0.29) is 0 Å². The Balaban J connectivity index is 1.31. The lowest BCUT2D eigenvalue weighted by atomic mass is 10.1. The number of anilines is 2. The van der Waals surface area contributed by atoms with Gasteiger partial charge in [-0.25, -0.2) is 9.97 Å². The molecule has 6 nitrogen and oxygen atoms in total. The number of ether oxygens (including phenoxy) is 1. The Morgan fingerprint density at radius 3 is 2.03 bits per heavy atom. The molecular formula is C31H28ClN5O. The molecule has 0 unspecified atom stereocenters. The van der Waals surface area contributed by atoms with Gasteiger partial charge >= 0.3 is 0 Å². The highest BCUT2D eigenvalue weighted by molar-refractivity contribution is 6.31. The Bertz CT molecular complexity index is 1580. The van der Waals surface area contributed by atoms with E-state index in [1.54, 1.807) is 7.11 Å². The molecule has 0 saturated carbocycles. The number of hydrogen-bond acceptors (Lipinski definition) is 6. The molecule has 1 aliphatic rings. The number of pyridine rings is 1. The van der Waals surface area contributed by atoms with Gasteiger partial charge in [-0.3, -0.25) is 4.98 Å². The van der Waals surface area contributed by atoms with Crippen LogP contribution in [0.1, 0.15) is 5.56 Å². The number of benzene rings is 3. The number of fused-ring (bicyclic) bond motifs is 1. The number of hydrogen-bond donors (Lipinski definition) is 0.